The van der Waals surface area contributed by atoms with Gasteiger partial charge in [0.2, 0.25) is 0 Å². The van der Waals surface area contributed by atoms with Crippen LogP contribution in [-0.2, 0) is 26.2 Å². The van der Waals surface area contributed by atoms with Crippen LogP contribution in [0.5, 0.6) is 0 Å². The van der Waals surface area contributed by atoms with Gasteiger partial charge < -0.3 is 9.80 Å². The maximum Gasteiger partial charge on any atom is 0.0661 e. The predicted octanol–water partition coefficient (Wildman–Crippen LogP) is 17.9. The fourth-order valence-electron chi connectivity index (χ4n) is 10.1. The normalized spacial score (nSPS) is 13.6. The predicted molar refractivity (Wildman–Crippen MR) is 286 cm³/mol. The summed E-state index contributed by atoms with van der Waals surface area (Å²) in [5, 5.41) is 10.3. The smallest absolute Gasteiger partial charge is 0.0661 e. The zero-order valence-corrected chi connectivity index (χ0v) is 40.9. The van der Waals surface area contributed by atoms with E-state index >= 15 is 0 Å². The lowest BCUT2D eigenvalue weighted by Gasteiger charge is -2.32. The van der Waals surface area contributed by atoms with Crippen LogP contribution < -0.4 is 9.80 Å². The van der Waals surface area contributed by atoms with E-state index in [-0.39, 0.29) is 0 Å². The molecule has 0 saturated heterocycles. The molecule has 0 N–H and O–H groups in total. The van der Waals surface area contributed by atoms with Crippen LogP contribution in [0.1, 0.15) is 33.4 Å². The Labute approximate surface area is 406 Å². The first-order valence-electron chi connectivity index (χ1n) is 21.5. The van der Waals surface area contributed by atoms with E-state index in [2.05, 4.69) is 256 Å². The molecule has 10 aromatic rings. The Morgan fingerprint density at radius 2 is 0.641 bits per heavy atom. The van der Waals surface area contributed by atoms with Crippen LogP contribution in [0.3, 0.4) is 0 Å². The third-order valence-corrected chi connectivity index (χ3v) is 15.5. The minimum Gasteiger partial charge on any atom is -0.361 e. The van der Waals surface area contributed by atoms with Crippen molar-refractivity contribution < 1.29 is 0 Å². The average Bonchev–Trinajstić information content (AvgIpc) is 3.30. The number of rotatable bonds is 6. The first-order chi connectivity index (χ1) is 31.3. The molecule has 2 heterocycles. The standard InChI is InChI=1S/C58H38Br4N2/c59-51-27-49(28-52(60)57(51)63-31-45-9-1-5-37-6-2-10-46(32-63)55(37)45)43-21-19-39-23-35(15-17-41(39)25-43)13-14-36-16-18-42-26-44(22-20-40(42)24-36)50-29-53(61)58(54(62)30-50)64-33-47-11-3-7-38-8-4-12-48(34-64)56(38)47/h1-30H,31-34H2. The second-order valence-corrected chi connectivity index (χ2v) is 20.5. The Hall–Kier alpha value is -5.50. The molecule has 0 fully saturated rings. The van der Waals surface area contributed by atoms with Gasteiger partial charge in [-0.3, -0.25) is 0 Å². The third kappa shape index (κ3) is 7.20. The van der Waals surface area contributed by atoms with Crippen molar-refractivity contribution in [2.75, 3.05) is 9.80 Å². The number of benzene rings is 10. The number of nitrogens with zero attached hydrogens (tertiary/aromatic N) is 2. The first-order valence-corrected chi connectivity index (χ1v) is 24.7. The molecule has 10 aromatic carbocycles. The van der Waals surface area contributed by atoms with Crippen LogP contribution >= 0.6 is 63.7 Å². The van der Waals surface area contributed by atoms with Gasteiger partial charge in [0, 0.05) is 44.1 Å². The Kier molecular flexibility index (Phi) is 10.1. The summed E-state index contributed by atoms with van der Waals surface area (Å²) >= 11 is 15.9. The molecule has 0 spiro atoms. The average molecular weight is 1080 g/mol. The van der Waals surface area contributed by atoms with Gasteiger partial charge in [0.05, 0.1) is 11.4 Å². The second-order valence-electron chi connectivity index (χ2n) is 17.1. The highest BCUT2D eigenvalue weighted by Crippen LogP contribution is 2.45. The summed E-state index contributed by atoms with van der Waals surface area (Å²) in [6, 6.07) is 62.6. The molecule has 2 aliphatic rings. The summed E-state index contributed by atoms with van der Waals surface area (Å²) in [6.07, 6.45) is 4.43. The molecule has 0 bridgehead atoms. The van der Waals surface area contributed by atoms with Crippen molar-refractivity contribution in [1.82, 2.24) is 0 Å². The number of hydrogen-bond acceptors (Lipinski definition) is 2. The van der Waals surface area contributed by atoms with Crippen molar-refractivity contribution >= 4 is 130 Å². The molecule has 6 heteroatoms. The minimum absolute atomic E-state index is 0.875. The van der Waals surface area contributed by atoms with Gasteiger partial charge in [0.1, 0.15) is 0 Å². The van der Waals surface area contributed by atoms with Crippen LogP contribution in [-0.4, -0.2) is 0 Å². The lowest BCUT2D eigenvalue weighted by molar-refractivity contribution is 0.784. The highest BCUT2D eigenvalue weighted by Gasteiger charge is 2.24. The zero-order valence-electron chi connectivity index (χ0n) is 34.6. The number of fused-ring (bicyclic) bond motifs is 2. The molecule has 2 nitrogen and oxygen atoms in total. The van der Waals surface area contributed by atoms with E-state index in [1.165, 1.54) is 110 Å². The molecule has 64 heavy (non-hydrogen) atoms. The summed E-state index contributed by atoms with van der Waals surface area (Å²) < 4.78 is 4.35. The molecule has 0 aromatic heterocycles. The topological polar surface area (TPSA) is 6.48 Å². The van der Waals surface area contributed by atoms with Crippen LogP contribution in [0.4, 0.5) is 11.4 Å². The van der Waals surface area contributed by atoms with Crippen molar-refractivity contribution in [1.29, 1.82) is 0 Å². The first kappa shape index (κ1) is 40.0. The number of halogens is 4. The molecular weight excluding hydrogens is 1040 g/mol. The van der Waals surface area contributed by atoms with E-state index in [1.54, 1.807) is 0 Å². The monoisotopic (exact) mass is 1080 g/mol. The van der Waals surface area contributed by atoms with Gasteiger partial charge in [-0.25, -0.2) is 0 Å². The lowest BCUT2D eigenvalue weighted by atomic mass is 9.94. The Bertz CT molecular complexity index is 3230. The van der Waals surface area contributed by atoms with Crippen LogP contribution in [0.15, 0.2) is 188 Å². The lowest BCUT2D eigenvalue weighted by Crippen LogP contribution is -2.26. The molecule has 0 atom stereocenters. The maximum atomic E-state index is 3.97. The van der Waals surface area contributed by atoms with Crippen molar-refractivity contribution in [3.8, 4) is 22.3 Å². The Balaban J connectivity index is 0.749. The van der Waals surface area contributed by atoms with E-state index in [1.807, 2.05) is 0 Å². The van der Waals surface area contributed by atoms with Crippen molar-refractivity contribution in [2.24, 2.45) is 0 Å². The van der Waals surface area contributed by atoms with Gasteiger partial charge in [0.25, 0.3) is 0 Å². The largest absolute Gasteiger partial charge is 0.361 e. The zero-order chi connectivity index (χ0) is 43.1. The van der Waals surface area contributed by atoms with Crippen molar-refractivity contribution in [3.63, 3.8) is 0 Å². The van der Waals surface area contributed by atoms with Gasteiger partial charge in [0.15, 0.2) is 0 Å². The molecule has 308 valence electrons. The molecule has 0 radical (unpaired) electrons. The second kappa shape index (κ2) is 16.2. The van der Waals surface area contributed by atoms with Gasteiger partial charge in [-0.2, -0.15) is 0 Å². The SMILES string of the molecule is Brc1cc(-c2ccc3cc(C=Cc4ccc5cc(-c6cc(Br)c(N7Cc8cccc9cccc(c89)C7)c(Br)c6)ccc5c4)ccc3c2)cc(Br)c1N1Cc2cccc3cccc(c23)C1. The van der Waals surface area contributed by atoms with E-state index in [0.29, 0.717) is 0 Å². The fourth-order valence-corrected chi connectivity index (χ4v) is 13.5. The highest BCUT2D eigenvalue weighted by atomic mass is 79.9. The van der Waals surface area contributed by atoms with Gasteiger partial charge in [-0.05, 0) is 211 Å². The quantitative estimate of drug-likeness (QED) is 0.153. The molecule has 12 rings (SSSR count). The van der Waals surface area contributed by atoms with Gasteiger partial charge >= 0.3 is 0 Å². The van der Waals surface area contributed by atoms with Crippen molar-refractivity contribution in [2.45, 2.75) is 26.2 Å². The Morgan fingerprint density at radius 1 is 0.312 bits per heavy atom. The fraction of sp³-hybridized carbons (Fsp3) is 0.0690. The summed E-state index contributed by atoms with van der Waals surface area (Å²) in [7, 11) is 0. The summed E-state index contributed by atoms with van der Waals surface area (Å²) in [6.45, 7) is 3.50. The van der Waals surface area contributed by atoms with E-state index in [4.69, 9.17) is 0 Å². The molecule has 0 saturated carbocycles. The number of anilines is 2. The molecule has 0 aliphatic carbocycles. The van der Waals surface area contributed by atoms with E-state index in [9.17, 15) is 0 Å². The molecule has 0 amide bonds. The summed E-state index contributed by atoms with van der Waals surface area (Å²) in [4.78, 5) is 4.93. The van der Waals surface area contributed by atoms with Gasteiger partial charge in [-0.1, -0.05) is 133 Å². The van der Waals surface area contributed by atoms with Crippen LogP contribution in [0.25, 0.3) is 77.5 Å². The van der Waals surface area contributed by atoms with Gasteiger partial charge in [-0.15, -0.1) is 0 Å². The van der Waals surface area contributed by atoms with Crippen LogP contribution in [0.2, 0.25) is 0 Å². The van der Waals surface area contributed by atoms with Crippen molar-refractivity contribution in [3.05, 3.63) is 221 Å². The minimum atomic E-state index is 0.875. The molecular formula is C58H38Br4N2. The van der Waals surface area contributed by atoms with E-state index in [0.717, 1.165) is 44.1 Å². The summed E-state index contributed by atoms with van der Waals surface area (Å²) in [5.74, 6) is 0. The maximum absolute atomic E-state index is 3.97. The molecule has 0 unspecified atom stereocenters. The highest BCUT2D eigenvalue weighted by molar-refractivity contribution is 9.11. The number of hydrogen-bond donors (Lipinski definition) is 0. The summed E-state index contributed by atoms with van der Waals surface area (Å²) in [5.41, 5.74) is 14.9. The molecule has 2 aliphatic heterocycles. The third-order valence-electron chi connectivity index (χ3n) is 13.1. The van der Waals surface area contributed by atoms with E-state index < -0.39 is 0 Å². The Morgan fingerprint density at radius 3 is 1.00 bits per heavy atom. The van der Waals surface area contributed by atoms with Crippen LogP contribution in [0, 0.1) is 0 Å².